The molecule has 0 saturated heterocycles. The summed E-state index contributed by atoms with van der Waals surface area (Å²) in [4.78, 5) is 4.39. The van der Waals surface area contributed by atoms with E-state index >= 15 is 0 Å². The van der Waals surface area contributed by atoms with Gasteiger partial charge in [-0.05, 0) is 39.3 Å². The first-order valence-corrected chi connectivity index (χ1v) is 6.98. The summed E-state index contributed by atoms with van der Waals surface area (Å²) in [5.41, 5.74) is 2.16. The van der Waals surface area contributed by atoms with Crippen LogP contribution in [0.1, 0.15) is 32.2 Å². The van der Waals surface area contributed by atoms with Crippen molar-refractivity contribution in [1.82, 2.24) is 15.5 Å². The first-order valence-electron chi connectivity index (χ1n) is 6.19. The molecule has 0 fully saturated rings. The predicted molar refractivity (Wildman–Crippen MR) is 78.8 cm³/mol. The van der Waals surface area contributed by atoms with Crippen molar-refractivity contribution in [1.29, 1.82) is 0 Å². The van der Waals surface area contributed by atoms with E-state index in [1.54, 1.807) is 0 Å². The Hall–Kier alpha value is -1.20. The van der Waals surface area contributed by atoms with Gasteiger partial charge in [-0.1, -0.05) is 33.2 Å². The molecule has 5 heteroatoms. The lowest BCUT2D eigenvalue weighted by Crippen LogP contribution is -2.35. The van der Waals surface area contributed by atoms with Crippen LogP contribution in [0.25, 0.3) is 11.4 Å². The largest absolute Gasteiger partial charge is 0.338 e. The summed E-state index contributed by atoms with van der Waals surface area (Å²) >= 11 is 3.51. The topological polar surface area (TPSA) is 51.0 Å². The molecule has 0 aliphatic heterocycles. The highest BCUT2D eigenvalue weighted by molar-refractivity contribution is 9.10. The van der Waals surface area contributed by atoms with Crippen molar-refractivity contribution in [3.05, 3.63) is 34.1 Å². The van der Waals surface area contributed by atoms with E-state index in [1.807, 2.05) is 25.1 Å². The maximum absolute atomic E-state index is 5.25. The van der Waals surface area contributed by atoms with Crippen LogP contribution in [0.2, 0.25) is 0 Å². The number of halogens is 1. The van der Waals surface area contributed by atoms with Crippen LogP contribution in [0.4, 0.5) is 0 Å². The van der Waals surface area contributed by atoms with Gasteiger partial charge in [0.05, 0.1) is 6.54 Å². The molecule has 0 bridgehead atoms. The van der Waals surface area contributed by atoms with Crippen LogP contribution in [-0.2, 0) is 6.54 Å². The monoisotopic (exact) mass is 323 g/mol. The van der Waals surface area contributed by atoms with Crippen molar-refractivity contribution in [2.75, 3.05) is 0 Å². The van der Waals surface area contributed by atoms with Crippen LogP contribution in [0.3, 0.4) is 0 Å². The second-order valence-corrected chi connectivity index (χ2v) is 6.43. The van der Waals surface area contributed by atoms with E-state index in [4.69, 9.17) is 4.52 Å². The fraction of sp³-hybridized carbons (Fsp3) is 0.429. The van der Waals surface area contributed by atoms with E-state index < -0.39 is 0 Å². The maximum Gasteiger partial charge on any atom is 0.240 e. The number of aromatic nitrogens is 2. The normalized spacial score (nSPS) is 11.8. The van der Waals surface area contributed by atoms with Crippen LogP contribution in [0.5, 0.6) is 0 Å². The van der Waals surface area contributed by atoms with E-state index in [0.717, 1.165) is 10.0 Å². The van der Waals surface area contributed by atoms with Crippen molar-refractivity contribution in [3.63, 3.8) is 0 Å². The van der Waals surface area contributed by atoms with Gasteiger partial charge in [-0.2, -0.15) is 4.98 Å². The van der Waals surface area contributed by atoms with Gasteiger partial charge in [0.2, 0.25) is 11.7 Å². The van der Waals surface area contributed by atoms with Gasteiger partial charge in [-0.25, -0.2) is 0 Å². The van der Waals surface area contributed by atoms with Gasteiger partial charge in [-0.15, -0.1) is 0 Å². The maximum atomic E-state index is 5.25. The molecule has 1 heterocycles. The quantitative estimate of drug-likeness (QED) is 0.935. The average molecular weight is 324 g/mol. The molecule has 0 spiro atoms. The van der Waals surface area contributed by atoms with E-state index in [2.05, 4.69) is 52.2 Å². The van der Waals surface area contributed by atoms with E-state index in [0.29, 0.717) is 18.3 Å². The molecule has 0 unspecified atom stereocenters. The molecule has 0 radical (unpaired) electrons. The molecular formula is C14H18BrN3O. The van der Waals surface area contributed by atoms with Crippen molar-refractivity contribution >= 4 is 15.9 Å². The zero-order valence-electron chi connectivity index (χ0n) is 11.6. The highest BCUT2D eigenvalue weighted by Gasteiger charge is 2.13. The third kappa shape index (κ3) is 3.88. The summed E-state index contributed by atoms with van der Waals surface area (Å²) in [6, 6.07) is 6.02. The Morgan fingerprint density at radius 2 is 2.05 bits per heavy atom. The third-order valence-electron chi connectivity index (χ3n) is 2.67. The first-order chi connectivity index (χ1) is 8.85. The molecular weight excluding hydrogens is 306 g/mol. The first kappa shape index (κ1) is 14.2. The van der Waals surface area contributed by atoms with Gasteiger partial charge in [0.15, 0.2) is 0 Å². The molecule has 1 N–H and O–H groups in total. The van der Waals surface area contributed by atoms with Crippen LogP contribution < -0.4 is 5.32 Å². The molecule has 0 aliphatic carbocycles. The molecule has 2 aromatic rings. The number of nitrogens with zero attached hydrogens (tertiary/aromatic N) is 2. The van der Waals surface area contributed by atoms with Crippen molar-refractivity contribution < 1.29 is 4.52 Å². The number of hydrogen-bond donors (Lipinski definition) is 1. The molecule has 1 aromatic heterocycles. The molecule has 1 aromatic carbocycles. The fourth-order valence-corrected chi connectivity index (χ4v) is 1.90. The highest BCUT2D eigenvalue weighted by Crippen LogP contribution is 2.23. The lowest BCUT2D eigenvalue weighted by molar-refractivity contribution is 0.336. The minimum atomic E-state index is 0.0293. The highest BCUT2D eigenvalue weighted by atomic mass is 79.9. The Balaban J connectivity index is 2.14. The van der Waals surface area contributed by atoms with Gasteiger partial charge in [0, 0.05) is 15.6 Å². The second kappa shape index (κ2) is 5.43. The summed E-state index contributed by atoms with van der Waals surface area (Å²) < 4.78 is 6.29. The Labute approximate surface area is 121 Å². The molecule has 102 valence electrons. The zero-order chi connectivity index (χ0) is 14.0. The standard InChI is InChI=1S/C14H18BrN3O/c1-9-5-6-10(7-11(9)15)13-17-12(19-18-13)8-16-14(2,3)4/h5-7,16H,8H2,1-4H3. The summed E-state index contributed by atoms with van der Waals surface area (Å²) in [6.45, 7) is 8.91. The second-order valence-electron chi connectivity index (χ2n) is 5.58. The number of rotatable bonds is 3. The van der Waals surface area contributed by atoms with Gasteiger partial charge >= 0.3 is 0 Å². The van der Waals surface area contributed by atoms with Gasteiger partial charge in [-0.3, -0.25) is 0 Å². The van der Waals surface area contributed by atoms with E-state index in [-0.39, 0.29) is 5.54 Å². The summed E-state index contributed by atoms with van der Waals surface area (Å²) in [5.74, 6) is 1.22. The summed E-state index contributed by atoms with van der Waals surface area (Å²) in [7, 11) is 0. The molecule has 19 heavy (non-hydrogen) atoms. The van der Waals surface area contributed by atoms with E-state index in [9.17, 15) is 0 Å². The average Bonchev–Trinajstić information content (AvgIpc) is 2.78. The van der Waals surface area contributed by atoms with Gasteiger partial charge in [0.25, 0.3) is 0 Å². The third-order valence-corrected chi connectivity index (χ3v) is 3.52. The number of benzene rings is 1. The van der Waals surface area contributed by atoms with Gasteiger partial charge < -0.3 is 9.84 Å². The smallest absolute Gasteiger partial charge is 0.240 e. The minimum absolute atomic E-state index is 0.0293. The molecule has 4 nitrogen and oxygen atoms in total. The summed E-state index contributed by atoms with van der Waals surface area (Å²) in [6.07, 6.45) is 0. The van der Waals surface area contributed by atoms with Crippen LogP contribution >= 0.6 is 15.9 Å². The van der Waals surface area contributed by atoms with Crippen LogP contribution in [0.15, 0.2) is 27.2 Å². The van der Waals surface area contributed by atoms with Gasteiger partial charge in [0.1, 0.15) is 0 Å². The predicted octanol–water partition coefficient (Wildman–Crippen LogP) is 3.70. The number of hydrogen-bond acceptors (Lipinski definition) is 4. The van der Waals surface area contributed by atoms with Crippen LogP contribution in [-0.4, -0.2) is 15.7 Å². The summed E-state index contributed by atoms with van der Waals surface area (Å²) in [5, 5.41) is 7.33. The van der Waals surface area contributed by atoms with E-state index in [1.165, 1.54) is 5.56 Å². The number of aryl methyl sites for hydroxylation is 1. The van der Waals surface area contributed by atoms with Crippen molar-refractivity contribution in [2.45, 2.75) is 39.8 Å². The van der Waals surface area contributed by atoms with Crippen molar-refractivity contribution in [3.8, 4) is 11.4 Å². The molecule has 0 aliphatic rings. The molecule has 0 atom stereocenters. The molecule has 0 saturated carbocycles. The molecule has 0 amide bonds. The number of nitrogens with one attached hydrogen (secondary N) is 1. The van der Waals surface area contributed by atoms with Crippen molar-refractivity contribution in [2.24, 2.45) is 0 Å². The Kier molecular flexibility index (Phi) is 4.06. The van der Waals surface area contributed by atoms with Crippen LogP contribution in [0, 0.1) is 6.92 Å². The lowest BCUT2D eigenvalue weighted by Gasteiger charge is -2.18. The zero-order valence-corrected chi connectivity index (χ0v) is 13.2. The Morgan fingerprint density at radius 3 is 2.68 bits per heavy atom. The molecule has 2 rings (SSSR count). The minimum Gasteiger partial charge on any atom is -0.338 e. The lowest BCUT2D eigenvalue weighted by atomic mass is 10.1. The SMILES string of the molecule is Cc1ccc(-c2noc(CNC(C)(C)C)n2)cc1Br. The fourth-order valence-electron chi connectivity index (χ4n) is 1.52. The Bertz CT molecular complexity index is 572. The Morgan fingerprint density at radius 1 is 1.32 bits per heavy atom.